The molecule has 0 aliphatic rings. The van der Waals surface area contributed by atoms with Gasteiger partial charge in [-0.05, 0) is 17.7 Å². The number of aromatic nitrogens is 2. The van der Waals surface area contributed by atoms with Crippen LogP contribution < -0.4 is 16.0 Å². The third kappa shape index (κ3) is 2.90. The summed E-state index contributed by atoms with van der Waals surface area (Å²) in [4.78, 5) is 7.81. The first-order valence-corrected chi connectivity index (χ1v) is 4.98. The van der Waals surface area contributed by atoms with E-state index in [1.54, 1.807) is 30.3 Å². The zero-order chi connectivity index (χ0) is 12.1. The van der Waals surface area contributed by atoms with Crippen molar-refractivity contribution in [3.05, 3.63) is 42.2 Å². The summed E-state index contributed by atoms with van der Waals surface area (Å²) in [5.41, 5.74) is 3.23. The van der Waals surface area contributed by atoms with Gasteiger partial charge in [-0.1, -0.05) is 12.1 Å². The van der Waals surface area contributed by atoms with Crippen LogP contribution in [-0.4, -0.2) is 15.1 Å². The first-order valence-electron chi connectivity index (χ1n) is 4.98. The Bertz CT molecular complexity index is 487. The van der Waals surface area contributed by atoms with Crippen LogP contribution in [0.25, 0.3) is 0 Å². The molecule has 4 N–H and O–H groups in total. The summed E-state index contributed by atoms with van der Waals surface area (Å²) < 4.78 is 5.49. The predicted molar refractivity (Wildman–Crippen MR) is 62.3 cm³/mol. The molecule has 0 saturated carbocycles. The lowest BCUT2D eigenvalue weighted by Gasteiger charge is -2.06. The van der Waals surface area contributed by atoms with Crippen LogP contribution >= 0.6 is 0 Å². The van der Waals surface area contributed by atoms with Gasteiger partial charge in [0.2, 0.25) is 5.88 Å². The Morgan fingerprint density at radius 1 is 1.24 bits per heavy atom. The Morgan fingerprint density at radius 2 is 2.00 bits per heavy atom. The molecule has 0 fully saturated rings. The Morgan fingerprint density at radius 3 is 2.65 bits per heavy atom. The first kappa shape index (κ1) is 11.3. The van der Waals surface area contributed by atoms with E-state index in [0.717, 1.165) is 5.56 Å². The smallest absolute Gasteiger partial charge is 0.224 e. The van der Waals surface area contributed by atoms with Gasteiger partial charge in [-0.2, -0.15) is 0 Å². The van der Waals surface area contributed by atoms with Crippen LogP contribution in [0.1, 0.15) is 5.56 Å². The Labute approximate surface area is 98.1 Å². The van der Waals surface area contributed by atoms with E-state index in [-0.39, 0.29) is 6.61 Å². The molecule has 0 unspecified atom stereocenters. The third-order valence-electron chi connectivity index (χ3n) is 2.12. The second-order valence-corrected chi connectivity index (χ2v) is 3.29. The van der Waals surface area contributed by atoms with Gasteiger partial charge in [0.1, 0.15) is 17.9 Å². The van der Waals surface area contributed by atoms with Crippen molar-refractivity contribution in [3.63, 3.8) is 0 Å². The van der Waals surface area contributed by atoms with Gasteiger partial charge in [0.25, 0.3) is 0 Å². The number of ether oxygens (including phenoxy) is 1. The molecule has 6 nitrogen and oxygen atoms in total. The summed E-state index contributed by atoms with van der Waals surface area (Å²) in [5, 5.41) is 8.90. The molecule has 1 heterocycles. The van der Waals surface area contributed by atoms with Crippen molar-refractivity contribution in [1.29, 1.82) is 0 Å². The summed E-state index contributed by atoms with van der Waals surface area (Å²) in [7, 11) is 0. The second kappa shape index (κ2) is 5.24. The molecule has 1 aromatic heterocycles. The van der Waals surface area contributed by atoms with Crippen molar-refractivity contribution in [1.82, 2.24) is 9.97 Å². The molecule has 0 saturated heterocycles. The Balaban J connectivity index is 2.13. The van der Waals surface area contributed by atoms with Crippen LogP contribution in [0.2, 0.25) is 0 Å². The number of aliphatic hydroxyl groups excluding tert-OH is 1. The van der Waals surface area contributed by atoms with Crippen LogP contribution in [0.5, 0.6) is 11.6 Å². The molecular formula is C11H12N4O2. The summed E-state index contributed by atoms with van der Waals surface area (Å²) in [5.74, 6) is 6.72. The maximum Gasteiger partial charge on any atom is 0.224 e. The largest absolute Gasteiger partial charge is 0.439 e. The number of hydrazine groups is 1. The highest BCUT2D eigenvalue weighted by Crippen LogP contribution is 2.20. The van der Waals surface area contributed by atoms with E-state index in [2.05, 4.69) is 15.4 Å². The molecular weight excluding hydrogens is 220 g/mol. The minimum atomic E-state index is 0.00896. The molecule has 0 aliphatic heterocycles. The van der Waals surface area contributed by atoms with Crippen molar-refractivity contribution in [2.45, 2.75) is 6.61 Å². The maximum atomic E-state index is 8.90. The molecule has 0 spiro atoms. The maximum absolute atomic E-state index is 8.90. The highest BCUT2D eigenvalue weighted by molar-refractivity contribution is 5.37. The summed E-state index contributed by atoms with van der Waals surface area (Å²) >= 11 is 0. The van der Waals surface area contributed by atoms with Crippen LogP contribution in [0.4, 0.5) is 5.82 Å². The van der Waals surface area contributed by atoms with E-state index in [1.165, 1.54) is 6.33 Å². The number of aliphatic hydroxyl groups is 1. The molecule has 6 heteroatoms. The van der Waals surface area contributed by atoms with Gasteiger partial charge >= 0.3 is 0 Å². The number of anilines is 1. The minimum Gasteiger partial charge on any atom is -0.439 e. The van der Waals surface area contributed by atoms with E-state index < -0.39 is 0 Å². The number of nitrogens with one attached hydrogen (secondary N) is 1. The van der Waals surface area contributed by atoms with Crippen molar-refractivity contribution >= 4 is 5.82 Å². The van der Waals surface area contributed by atoms with Gasteiger partial charge in [-0.3, -0.25) is 0 Å². The quantitative estimate of drug-likeness (QED) is 0.539. The lowest BCUT2D eigenvalue weighted by Crippen LogP contribution is -2.08. The van der Waals surface area contributed by atoms with Crippen LogP contribution in [0.3, 0.4) is 0 Å². The average molecular weight is 232 g/mol. The number of nitrogens with two attached hydrogens (primary N) is 1. The average Bonchev–Trinajstić information content (AvgIpc) is 2.40. The van der Waals surface area contributed by atoms with Gasteiger partial charge < -0.3 is 15.3 Å². The Hall–Kier alpha value is -2.18. The van der Waals surface area contributed by atoms with Crippen molar-refractivity contribution in [2.24, 2.45) is 5.84 Å². The zero-order valence-corrected chi connectivity index (χ0v) is 9.00. The topological polar surface area (TPSA) is 93.3 Å². The third-order valence-corrected chi connectivity index (χ3v) is 2.12. The van der Waals surface area contributed by atoms with Gasteiger partial charge in [-0.15, -0.1) is 0 Å². The fourth-order valence-corrected chi connectivity index (χ4v) is 1.26. The molecule has 0 amide bonds. The Kier molecular flexibility index (Phi) is 3.49. The molecule has 2 rings (SSSR count). The van der Waals surface area contributed by atoms with E-state index in [0.29, 0.717) is 17.4 Å². The molecule has 1 aromatic carbocycles. The zero-order valence-electron chi connectivity index (χ0n) is 9.00. The summed E-state index contributed by atoms with van der Waals surface area (Å²) in [6.45, 7) is 0.00896. The van der Waals surface area contributed by atoms with E-state index in [9.17, 15) is 0 Å². The number of hydrogen-bond acceptors (Lipinski definition) is 6. The number of hydrogen-bond donors (Lipinski definition) is 3. The molecule has 0 atom stereocenters. The fourth-order valence-electron chi connectivity index (χ4n) is 1.26. The van der Waals surface area contributed by atoms with E-state index >= 15 is 0 Å². The standard InChI is InChI=1S/C11H12N4O2/c12-15-10-5-11(14-7-13-10)17-9-3-1-8(6-16)2-4-9/h1-5,7,16H,6,12H2,(H,13,14,15). The van der Waals surface area contributed by atoms with Crippen molar-refractivity contribution in [3.8, 4) is 11.6 Å². The van der Waals surface area contributed by atoms with E-state index in [1.807, 2.05) is 0 Å². The lowest BCUT2D eigenvalue weighted by molar-refractivity contribution is 0.281. The highest BCUT2D eigenvalue weighted by atomic mass is 16.5. The highest BCUT2D eigenvalue weighted by Gasteiger charge is 2.00. The SMILES string of the molecule is NNc1cc(Oc2ccc(CO)cc2)ncn1. The number of rotatable bonds is 4. The summed E-state index contributed by atoms with van der Waals surface area (Å²) in [6.07, 6.45) is 1.35. The molecule has 2 aromatic rings. The molecule has 0 bridgehead atoms. The van der Waals surface area contributed by atoms with Gasteiger partial charge in [0, 0.05) is 6.07 Å². The lowest BCUT2D eigenvalue weighted by atomic mass is 10.2. The summed E-state index contributed by atoms with van der Waals surface area (Å²) in [6, 6.07) is 8.64. The van der Waals surface area contributed by atoms with Gasteiger partial charge in [0.05, 0.1) is 6.61 Å². The van der Waals surface area contributed by atoms with Crippen LogP contribution in [0.15, 0.2) is 36.7 Å². The number of benzene rings is 1. The monoisotopic (exact) mass is 232 g/mol. The second-order valence-electron chi connectivity index (χ2n) is 3.29. The number of nitrogen functional groups attached to an aromatic ring is 1. The van der Waals surface area contributed by atoms with Gasteiger partial charge in [0.15, 0.2) is 0 Å². The fraction of sp³-hybridized carbons (Fsp3) is 0.0909. The van der Waals surface area contributed by atoms with Crippen LogP contribution in [0, 0.1) is 0 Å². The molecule has 0 radical (unpaired) electrons. The van der Waals surface area contributed by atoms with Crippen molar-refractivity contribution in [2.75, 3.05) is 5.43 Å². The first-order chi connectivity index (χ1) is 8.31. The molecule has 88 valence electrons. The molecule has 17 heavy (non-hydrogen) atoms. The van der Waals surface area contributed by atoms with E-state index in [4.69, 9.17) is 15.7 Å². The van der Waals surface area contributed by atoms with Crippen molar-refractivity contribution < 1.29 is 9.84 Å². The van der Waals surface area contributed by atoms with Gasteiger partial charge in [-0.25, -0.2) is 15.8 Å². The normalized spacial score (nSPS) is 10.0. The predicted octanol–water partition coefficient (Wildman–Crippen LogP) is 1.05. The van der Waals surface area contributed by atoms with Crippen LogP contribution in [-0.2, 0) is 6.61 Å². The molecule has 0 aliphatic carbocycles. The minimum absolute atomic E-state index is 0.00896. The number of nitrogens with zero attached hydrogens (tertiary/aromatic N) is 2.